The maximum atomic E-state index is 13.0. The number of anilines is 1. The number of amides is 1. The summed E-state index contributed by atoms with van der Waals surface area (Å²) in [7, 11) is -1.83. The van der Waals surface area contributed by atoms with Gasteiger partial charge in [-0.05, 0) is 50.6 Å². The minimum Gasteiger partial charge on any atom is -0.449 e. The highest BCUT2D eigenvalue weighted by atomic mass is 32.2. The van der Waals surface area contributed by atoms with Gasteiger partial charge in [0.15, 0.2) is 15.9 Å². The summed E-state index contributed by atoms with van der Waals surface area (Å²) in [6.07, 6.45) is -0.198. The van der Waals surface area contributed by atoms with Crippen LogP contribution < -0.4 is 10.9 Å². The summed E-state index contributed by atoms with van der Waals surface area (Å²) >= 11 is 0. The summed E-state index contributed by atoms with van der Waals surface area (Å²) in [6.45, 7) is 4.69. The standard InChI is InChI=1S/C23H25N3O6S/c1-14-11-12-18(33(5,30)31)13-19(14)23(29)32-16(3)21(27)24-20-15(2)25(4)26(22(20)28)17-9-7-6-8-10-17/h6-13,16H,1-5H3,(H,24,27). The van der Waals surface area contributed by atoms with E-state index >= 15 is 0 Å². The van der Waals surface area contributed by atoms with E-state index in [4.69, 9.17) is 4.74 Å². The Bertz CT molecular complexity index is 1390. The number of para-hydroxylation sites is 1. The first-order valence-electron chi connectivity index (χ1n) is 10.1. The summed E-state index contributed by atoms with van der Waals surface area (Å²) in [5.41, 5.74) is 1.35. The normalized spacial score (nSPS) is 12.3. The van der Waals surface area contributed by atoms with Crippen LogP contribution >= 0.6 is 0 Å². The summed E-state index contributed by atoms with van der Waals surface area (Å²) in [4.78, 5) is 38.3. The first kappa shape index (κ1) is 24.0. The highest BCUT2D eigenvalue weighted by molar-refractivity contribution is 7.90. The molecule has 0 aliphatic heterocycles. The third-order valence-corrected chi connectivity index (χ3v) is 6.42. The maximum absolute atomic E-state index is 13.0. The SMILES string of the molecule is Cc1ccc(S(C)(=O)=O)cc1C(=O)OC(C)C(=O)Nc1c(C)n(C)n(-c2ccccc2)c1=O. The number of hydrogen-bond donors (Lipinski definition) is 1. The maximum Gasteiger partial charge on any atom is 0.339 e. The number of aryl methyl sites for hydroxylation is 1. The smallest absolute Gasteiger partial charge is 0.339 e. The molecule has 0 radical (unpaired) electrons. The molecule has 0 spiro atoms. The van der Waals surface area contributed by atoms with Gasteiger partial charge in [-0.2, -0.15) is 0 Å². The van der Waals surface area contributed by atoms with Crippen molar-refractivity contribution in [3.05, 3.63) is 75.7 Å². The lowest BCUT2D eigenvalue weighted by Crippen LogP contribution is -2.32. The van der Waals surface area contributed by atoms with Crippen molar-refractivity contribution >= 4 is 27.4 Å². The van der Waals surface area contributed by atoms with Gasteiger partial charge in [0.05, 0.1) is 21.8 Å². The van der Waals surface area contributed by atoms with Crippen LogP contribution in [0.25, 0.3) is 5.69 Å². The first-order valence-corrected chi connectivity index (χ1v) is 12.0. The van der Waals surface area contributed by atoms with Crippen molar-refractivity contribution in [1.29, 1.82) is 0 Å². The molecule has 174 valence electrons. The minimum absolute atomic E-state index is 0.0291. The number of ether oxygens (including phenoxy) is 1. The second kappa shape index (κ2) is 9.07. The molecule has 0 aliphatic rings. The van der Waals surface area contributed by atoms with Gasteiger partial charge in [0.25, 0.3) is 11.5 Å². The molecular weight excluding hydrogens is 446 g/mol. The Balaban J connectivity index is 1.81. The molecule has 10 heteroatoms. The van der Waals surface area contributed by atoms with E-state index in [2.05, 4.69) is 5.32 Å². The molecule has 0 saturated carbocycles. The van der Waals surface area contributed by atoms with E-state index in [0.717, 1.165) is 6.26 Å². The van der Waals surface area contributed by atoms with Crippen molar-refractivity contribution < 1.29 is 22.7 Å². The third-order valence-electron chi connectivity index (χ3n) is 5.31. The topological polar surface area (TPSA) is 116 Å². The number of hydrogen-bond acceptors (Lipinski definition) is 6. The zero-order chi connectivity index (χ0) is 24.5. The van der Waals surface area contributed by atoms with E-state index in [1.807, 2.05) is 6.07 Å². The van der Waals surface area contributed by atoms with Gasteiger partial charge in [-0.1, -0.05) is 24.3 Å². The lowest BCUT2D eigenvalue weighted by molar-refractivity contribution is -0.123. The van der Waals surface area contributed by atoms with Gasteiger partial charge in [0.2, 0.25) is 0 Å². The molecule has 3 aromatic rings. The summed E-state index contributed by atoms with van der Waals surface area (Å²) < 4.78 is 31.9. The van der Waals surface area contributed by atoms with E-state index in [-0.39, 0.29) is 16.1 Å². The highest BCUT2D eigenvalue weighted by Crippen LogP contribution is 2.18. The van der Waals surface area contributed by atoms with Crippen molar-refractivity contribution in [1.82, 2.24) is 9.36 Å². The third kappa shape index (κ3) is 4.90. The highest BCUT2D eigenvalue weighted by Gasteiger charge is 2.24. The number of nitrogens with zero attached hydrogens (tertiary/aromatic N) is 2. The Hall–Kier alpha value is -3.66. The summed E-state index contributed by atoms with van der Waals surface area (Å²) in [6, 6.07) is 13.1. The molecule has 3 rings (SSSR count). The molecule has 1 aromatic heterocycles. The Morgan fingerprint density at radius 3 is 2.30 bits per heavy atom. The predicted octanol–water partition coefficient (Wildman–Crippen LogP) is 2.38. The van der Waals surface area contributed by atoms with E-state index < -0.39 is 33.4 Å². The van der Waals surface area contributed by atoms with Crippen LogP contribution in [0.3, 0.4) is 0 Å². The van der Waals surface area contributed by atoms with Crippen LogP contribution in [-0.4, -0.2) is 42.0 Å². The van der Waals surface area contributed by atoms with Gasteiger partial charge >= 0.3 is 5.97 Å². The number of nitrogens with one attached hydrogen (secondary N) is 1. The van der Waals surface area contributed by atoms with Crippen LogP contribution in [0.2, 0.25) is 0 Å². The average molecular weight is 472 g/mol. The molecule has 0 bridgehead atoms. The predicted molar refractivity (Wildman–Crippen MR) is 124 cm³/mol. The Kier molecular flexibility index (Phi) is 6.59. The van der Waals surface area contributed by atoms with Gasteiger partial charge < -0.3 is 10.1 Å². The van der Waals surface area contributed by atoms with Gasteiger partial charge in [-0.3, -0.25) is 14.3 Å². The first-order chi connectivity index (χ1) is 15.4. The zero-order valence-corrected chi connectivity index (χ0v) is 19.8. The van der Waals surface area contributed by atoms with Crippen LogP contribution in [0.4, 0.5) is 5.69 Å². The summed E-state index contributed by atoms with van der Waals surface area (Å²) in [5.74, 6) is -1.53. The number of carbonyl (C=O) groups is 2. The lowest BCUT2D eigenvalue weighted by Gasteiger charge is -2.14. The molecule has 0 fully saturated rings. The molecule has 1 N–H and O–H groups in total. The molecule has 1 unspecified atom stereocenters. The van der Waals surface area contributed by atoms with Crippen molar-refractivity contribution in [2.75, 3.05) is 11.6 Å². The van der Waals surface area contributed by atoms with Crippen molar-refractivity contribution in [2.24, 2.45) is 7.05 Å². The Morgan fingerprint density at radius 2 is 1.70 bits per heavy atom. The Morgan fingerprint density at radius 1 is 1.06 bits per heavy atom. The van der Waals surface area contributed by atoms with Crippen LogP contribution in [-0.2, 0) is 26.4 Å². The van der Waals surface area contributed by atoms with Crippen LogP contribution in [0, 0.1) is 13.8 Å². The van der Waals surface area contributed by atoms with Crippen molar-refractivity contribution in [3.63, 3.8) is 0 Å². The van der Waals surface area contributed by atoms with E-state index in [1.165, 1.54) is 29.8 Å². The number of carbonyl (C=O) groups excluding carboxylic acids is 2. The average Bonchev–Trinajstić information content (AvgIpc) is 2.96. The van der Waals surface area contributed by atoms with Gasteiger partial charge in [0.1, 0.15) is 5.69 Å². The minimum atomic E-state index is -3.52. The molecular formula is C23H25N3O6S. The van der Waals surface area contributed by atoms with E-state index in [1.54, 1.807) is 49.8 Å². The van der Waals surface area contributed by atoms with E-state index in [9.17, 15) is 22.8 Å². The van der Waals surface area contributed by atoms with Crippen LogP contribution in [0.15, 0.2) is 58.2 Å². The molecule has 33 heavy (non-hydrogen) atoms. The second-order valence-electron chi connectivity index (χ2n) is 7.72. The molecule has 1 amide bonds. The number of aromatic nitrogens is 2. The largest absolute Gasteiger partial charge is 0.449 e. The molecule has 1 atom stereocenters. The van der Waals surface area contributed by atoms with Crippen LogP contribution in [0.5, 0.6) is 0 Å². The molecule has 0 aliphatic carbocycles. The van der Waals surface area contributed by atoms with Gasteiger partial charge in [-0.15, -0.1) is 0 Å². The molecule has 9 nitrogen and oxygen atoms in total. The quantitative estimate of drug-likeness (QED) is 0.552. The number of esters is 1. The van der Waals surface area contributed by atoms with Gasteiger partial charge in [0, 0.05) is 13.3 Å². The number of benzene rings is 2. The molecule has 2 aromatic carbocycles. The van der Waals surface area contributed by atoms with Crippen LogP contribution in [0.1, 0.15) is 28.5 Å². The lowest BCUT2D eigenvalue weighted by atomic mass is 10.1. The van der Waals surface area contributed by atoms with Gasteiger partial charge in [-0.25, -0.2) is 17.9 Å². The number of sulfone groups is 1. The van der Waals surface area contributed by atoms with E-state index in [0.29, 0.717) is 16.9 Å². The number of rotatable bonds is 6. The second-order valence-corrected chi connectivity index (χ2v) is 9.74. The summed E-state index contributed by atoms with van der Waals surface area (Å²) in [5, 5.41) is 2.55. The fourth-order valence-electron chi connectivity index (χ4n) is 3.27. The molecule has 1 heterocycles. The monoisotopic (exact) mass is 471 g/mol. The zero-order valence-electron chi connectivity index (χ0n) is 18.9. The fraction of sp³-hybridized carbons (Fsp3) is 0.261. The van der Waals surface area contributed by atoms with Crippen molar-refractivity contribution in [2.45, 2.75) is 31.8 Å². The Labute approximate surface area is 191 Å². The fourth-order valence-corrected chi connectivity index (χ4v) is 3.91. The molecule has 0 saturated heterocycles. The van der Waals surface area contributed by atoms with Crippen molar-refractivity contribution in [3.8, 4) is 5.69 Å².